The number of nitrogens with zero attached hydrogens (tertiary/aromatic N) is 3. The molecule has 0 aliphatic heterocycles. The van der Waals surface area contributed by atoms with Crippen molar-refractivity contribution < 1.29 is 0 Å². The van der Waals surface area contributed by atoms with Crippen LogP contribution in [0.4, 0.5) is 0 Å². The summed E-state index contributed by atoms with van der Waals surface area (Å²) in [5, 5.41) is 3.79. The van der Waals surface area contributed by atoms with Crippen LogP contribution in [0.2, 0.25) is 0 Å². The van der Waals surface area contributed by atoms with Gasteiger partial charge in [0.15, 0.2) is 5.84 Å². The molecule has 1 aromatic rings. The van der Waals surface area contributed by atoms with Crippen LogP contribution >= 0.6 is 11.5 Å². The lowest BCUT2D eigenvalue weighted by Gasteiger charge is -2.10. The second-order valence-corrected chi connectivity index (χ2v) is 4.83. The number of rotatable bonds is 2. The molecule has 88 valence electrons. The molecular weight excluding hydrogens is 222 g/mol. The molecule has 16 heavy (non-hydrogen) atoms. The average molecular weight is 239 g/mol. The van der Waals surface area contributed by atoms with E-state index in [0.29, 0.717) is 6.04 Å². The summed E-state index contributed by atoms with van der Waals surface area (Å²) in [4.78, 5) is 5.58. The Morgan fingerprint density at radius 3 is 2.69 bits per heavy atom. The molecule has 3 N–H and O–H groups in total. The highest BCUT2D eigenvalue weighted by Gasteiger charge is 2.13. The molecule has 5 nitrogen and oxygen atoms in total. The lowest BCUT2D eigenvalue weighted by Crippen LogP contribution is -2.31. The van der Waals surface area contributed by atoms with Gasteiger partial charge in [-0.3, -0.25) is 4.99 Å². The van der Waals surface area contributed by atoms with Crippen LogP contribution in [0, 0.1) is 0 Å². The van der Waals surface area contributed by atoms with Gasteiger partial charge in [-0.25, -0.2) is 5.84 Å². The zero-order chi connectivity index (χ0) is 11.2. The Labute approximate surface area is 99.3 Å². The van der Waals surface area contributed by atoms with Crippen LogP contribution < -0.4 is 11.3 Å². The zero-order valence-electron chi connectivity index (χ0n) is 9.22. The van der Waals surface area contributed by atoms with Crippen LogP contribution in [0.25, 0.3) is 0 Å². The molecule has 1 fully saturated rings. The molecule has 0 spiro atoms. The number of hydrogen-bond acceptors (Lipinski definition) is 5. The Morgan fingerprint density at radius 2 is 2.12 bits per heavy atom. The maximum Gasteiger partial charge on any atom is 0.156 e. The average Bonchev–Trinajstić information content (AvgIpc) is 2.71. The van der Waals surface area contributed by atoms with Crippen LogP contribution in [0.1, 0.15) is 43.4 Å². The second-order valence-electron chi connectivity index (χ2n) is 4.05. The molecule has 1 saturated carbocycles. The van der Waals surface area contributed by atoms with Crippen molar-refractivity contribution >= 4 is 17.4 Å². The number of nitrogens with two attached hydrogens (primary N) is 1. The Hall–Kier alpha value is -1.01. The van der Waals surface area contributed by atoms with E-state index in [2.05, 4.69) is 20.0 Å². The molecule has 1 aliphatic carbocycles. The van der Waals surface area contributed by atoms with Gasteiger partial charge >= 0.3 is 0 Å². The van der Waals surface area contributed by atoms with Crippen molar-refractivity contribution in [1.29, 1.82) is 0 Å². The minimum absolute atomic E-state index is 0.399. The van der Waals surface area contributed by atoms with Gasteiger partial charge in [-0.1, -0.05) is 30.2 Å². The molecule has 1 aromatic heterocycles. The third kappa shape index (κ3) is 2.99. The van der Waals surface area contributed by atoms with E-state index in [1.165, 1.54) is 37.2 Å². The number of amidine groups is 1. The molecule has 0 bridgehead atoms. The van der Waals surface area contributed by atoms with Gasteiger partial charge in [-0.05, 0) is 24.4 Å². The molecule has 0 radical (unpaired) electrons. The molecule has 1 heterocycles. The van der Waals surface area contributed by atoms with Crippen molar-refractivity contribution in [2.75, 3.05) is 0 Å². The molecule has 1 aliphatic rings. The first-order valence-corrected chi connectivity index (χ1v) is 6.49. The van der Waals surface area contributed by atoms with Gasteiger partial charge in [0.05, 0.1) is 12.2 Å². The monoisotopic (exact) mass is 239 g/mol. The van der Waals surface area contributed by atoms with E-state index in [0.717, 1.165) is 23.6 Å². The van der Waals surface area contributed by atoms with Crippen molar-refractivity contribution in [1.82, 2.24) is 15.0 Å². The molecule has 0 aromatic carbocycles. The Kier molecular flexibility index (Phi) is 4.24. The predicted octanol–water partition coefficient (Wildman–Crippen LogP) is 1.47. The normalized spacial score (nSPS) is 19.4. The van der Waals surface area contributed by atoms with Gasteiger partial charge in [0.25, 0.3) is 0 Å². The zero-order valence-corrected chi connectivity index (χ0v) is 10.0. The van der Waals surface area contributed by atoms with Crippen LogP contribution in [-0.2, 0) is 0 Å². The second kappa shape index (κ2) is 5.91. The molecule has 0 amide bonds. The van der Waals surface area contributed by atoms with Gasteiger partial charge < -0.3 is 5.43 Å². The summed E-state index contributed by atoms with van der Waals surface area (Å²) in [5.74, 6) is 6.21. The first kappa shape index (κ1) is 11.5. The maximum atomic E-state index is 5.49. The largest absolute Gasteiger partial charge is 0.307 e. The van der Waals surface area contributed by atoms with Gasteiger partial charge in [-0.2, -0.15) is 0 Å². The van der Waals surface area contributed by atoms with Crippen molar-refractivity contribution in [3.63, 3.8) is 0 Å². The molecule has 6 heteroatoms. The lowest BCUT2D eigenvalue weighted by atomic mass is 10.1. The summed E-state index contributed by atoms with van der Waals surface area (Å²) < 4.78 is 3.82. The van der Waals surface area contributed by atoms with E-state index < -0.39 is 0 Å². The van der Waals surface area contributed by atoms with Crippen molar-refractivity contribution in [3.05, 3.63) is 11.1 Å². The van der Waals surface area contributed by atoms with Gasteiger partial charge in [0, 0.05) is 0 Å². The SMILES string of the molecule is NNC(=NC1CCCCCC1)c1cnns1. The van der Waals surface area contributed by atoms with Crippen LogP contribution in [-0.4, -0.2) is 21.5 Å². The Balaban J connectivity index is 2.07. The van der Waals surface area contributed by atoms with E-state index in [4.69, 9.17) is 5.84 Å². The summed E-state index contributed by atoms with van der Waals surface area (Å²) in [7, 11) is 0. The summed E-state index contributed by atoms with van der Waals surface area (Å²) in [5.41, 5.74) is 2.65. The smallest absolute Gasteiger partial charge is 0.156 e. The van der Waals surface area contributed by atoms with Gasteiger partial charge in [-0.15, -0.1) is 5.10 Å². The van der Waals surface area contributed by atoms with E-state index in [9.17, 15) is 0 Å². The molecular formula is C10H17N5S. The highest BCUT2D eigenvalue weighted by atomic mass is 32.1. The molecule has 0 saturated heterocycles. The predicted molar refractivity (Wildman–Crippen MR) is 65.3 cm³/mol. The third-order valence-corrected chi connectivity index (χ3v) is 3.54. The number of aliphatic imine (C=N–C) groups is 1. The van der Waals surface area contributed by atoms with Gasteiger partial charge in [0.1, 0.15) is 4.88 Å². The molecule has 0 atom stereocenters. The minimum atomic E-state index is 0.399. The van der Waals surface area contributed by atoms with E-state index in [1.54, 1.807) is 6.20 Å². The highest BCUT2D eigenvalue weighted by molar-refractivity contribution is 7.07. The first-order valence-electron chi connectivity index (χ1n) is 5.72. The number of hydrogen-bond donors (Lipinski definition) is 2. The fourth-order valence-electron chi connectivity index (χ4n) is 2.01. The maximum absolute atomic E-state index is 5.49. The standard InChI is InChI=1S/C10H17N5S/c11-14-10(9-7-12-15-16-9)13-8-5-3-1-2-4-6-8/h7-8H,1-6,11H2,(H,13,14). The summed E-state index contributed by atoms with van der Waals surface area (Å²) in [6, 6.07) is 0.399. The lowest BCUT2D eigenvalue weighted by molar-refractivity contribution is 0.583. The third-order valence-electron chi connectivity index (χ3n) is 2.87. The Morgan fingerprint density at radius 1 is 1.38 bits per heavy atom. The summed E-state index contributed by atoms with van der Waals surface area (Å²) in [6.07, 6.45) is 9.23. The fourth-order valence-corrected chi connectivity index (χ4v) is 2.49. The minimum Gasteiger partial charge on any atom is -0.307 e. The first-order chi connectivity index (χ1) is 7.90. The van der Waals surface area contributed by atoms with E-state index in [1.807, 2.05) is 0 Å². The molecule has 2 rings (SSSR count). The van der Waals surface area contributed by atoms with Crippen LogP contribution in [0.5, 0.6) is 0 Å². The quantitative estimate of drug-likeness (QED) is 0.269. The number of aromatic nitrogens is 2. The number of nitrogens with one attached hydrogen (secondary N) is 1. The molecule has 0 unspecified atom stereocenters. The van der Waals surface area contributed by atoms with E-state index in [-0.39, 0.29) is 0 Å². The highest BCUT2D eigenvalue weighted by Crippen LogP contribution is 2.20. The van der Waals surface area contributed by atoms with Crippen molar-refractivity contribution in [3.8, 4) is 0 Å². The van der Waals surface area contributed by atoms with E-state index >= 15 is 0 Å². The van der Waals surface area contributed by atoms with Crippen LogP contribution in [0.15, 0.2) is 11.2 Å². The van der Waals surface area contributed by atoms with Crippen molar-refractivity contribution in [2.24, 2.45) is 10.8 Å². The van der Waals surface area contributed by atoms with Gasteiger partial charge in [0.2, 0.25) is 0 Å². The fraction of sp³-hybridized carbons (Fsp3) is 0.700. The van der Waals surface area contributed by atoms with Crippen molar-refractivity contribution in [2.45, 2.75) is 44.6 Å². The Bertz CT molecular complexity index is 327. The topological polar surface area (TPSA) is 76.2 Å². The summed E-state index contributed by atoms with van der Waals surface area (Å²) in [6.45, 7) is 0. The number of hydrazine groups is 1. The summed E-state index contributed by atoms with van der Waals surface area (Å²) >= 11 is 1.31. The van der Waals surface area contributed by atoms with Crippen LogP contribution in [0.3, 0.4) is 0 Å².